The Kier molecular flexibility index (Phi) is 7.10. The zero-order chi connectivity index (χ0) is 15.8. The smallest absolute Gasteiger partial charge is 0.256 e. The van der Waals surface area contributed by atoms with Gasteiger partial charge in [-0.15, -0.1) is 0 Å². The molecule has 1 amide bonds. The third kappa shape index (κ3) is 4.98. The highest BCUT2D eigenvalue weighted by Gasteiger charge is 2.20. The maximum Gasteiger partial charge on any atom is 0.256 e. The van der Waals surface area contributed by atoms with E-state index in [1.54, 1.807) is 6.07 Å². The number of methoxy groups -OCH3 is 1. The Labute approximate surface area is 130 Å². The van der Waals surface area contributed by atoms with E-state index >= 15 is 0 Å². The largest absolute Gasteiger partial charge is 0.409 e. The molecule has 1 aromatic rings. The molecule has 0 spiro atoms. The molecule has 0 unspecified atom stereocenters. The van der Waals surface area contributed by atoms with Gasteiger partial charge in [-0.1, -0.05) is 11.2 Å². The van der Waals surface area contributed by atoms with Gasteiger partial charge in [-0.25, -0.2) is 4.39 Å². The number of nitrogens with two attached hydrogens (primary N) is 1. The number of carbonyl (C=O) groups excluding carboxylic acids is 1. The molecule has 0 bridgehead atoms. The number of nitrogens with zero attached hydrogens (tertiary/aromatic N) is 2. The average Bonchev–Trinajstić information content (AvgIpc) is 2.49. The van der Waals surface area contributed by atoms with E-state index in [4.69, 9.17) is 15.7 Å². The van der Waals surface area contributed by atoms with Gasteiger partial charge in [-0.3, -0.25) is 4.79 Å². The second-order valence-corrected chi connectivity index (χ2v) is 5.08. The number of benzene rings is 1. The molecule has 8 heteroatoms. The van der Waals surface area contributed by atoms with Crippen molar-refractivity contribution in [1.29, 1.82) is 0 Å². The summed E-state index contributed by atoms with van der Waals surface area (Å²) >= 11 is 3.05. The molecule has 0 fully saturated rings. The Morgan fingerprint density at radius 1 is 1.52 bits per heavy atom. The SMILES string of the molecule is COCCN(CC/C(N)=N/O)C(=O)c1cccc(Br)c1F. The van der Waals surface area contributed by atoms with Crippen molar-refractivity contribution in [3.8, 4) is 0 Å². The molecular weight excluding hydrogens is 345 g/mol. The lowest BCUT2D eigenvalue weighted by molar-refractivity contribution is 0.0696. The van der Waals surface area contributed by atoms with E-state index in [2.05, 4.69) is 21.1 Å². The van der Waals surface area contributed by atoms with Crippen molar-refractivity contribution in [2.75, 3.05) is 26.8 Å². The fourth-order valence-corrected chi connectivity index (χ4v) is 2.02. The number of hydrogen-bond donors (Lipinski definition) is 2. The number of rotatable bonds is 7. The van der Waals surface area contributed by atoms with E-state index < -0.39 is 11.7 Å². The molecule has 0 aliphatic heterocycles. The van der Waals surface area contributed by atoms with Crippen molar-refractivity contribution in [2.24, 2.45) is 10.9 Å². The van der Waals surface area contributed by atoms with E-state index in [9.17, 15) is 9.18 Å². The second-order valence-electron chi connectivity index (χ2n) is 4.23. The Balaban J connectivity index is 2.90. The monoisotopic (exact) mass is 361 g/mol. The van der Waals surface area contributed by atoms with E-state index in [0.717, 1.165) is 0 Å². The minimum absolute atomic E-state index is 0.0000639. The summed E-state index contributed by atoms with van der Waals surface area (Å²) in [6, 6.07) is 4.51. The number of carbonyl (C=O) groups is 1. The van der Waals surface area contributed by atoms with Gasteiger partial charge in [-0.2, -0.15) is 0 Å². The van der Waals surface area contributed by atoms with Crippen molar-refractivity contribution in [3.63, 3.8) is 0 Å². The number of halogens is 2. The summed E-state index contributed by atoms with van der Waals surface area (Å²) in [4.78, 5) is 13.8. The van der Waals surface area contributed by atoms with Crippen LogP contribution in [0.4, 0.5) is 4.39 Å². The molecule has 21 heavy (non-hydrogen) atoms. The third-order valence-corrected chi connectivity index (χ3v) is 3.41. The minimum atomic E-state index is -0.617. The van der Waals surface area contributed by atoms with Crippen LogP contribution in [0.3, 0.4) is 0 Å². The molecule has 1 aromatic carbocycles. The zero-order valence-electron chi connectivity index (χ0n) is 11.6. The third-order valence-electron chi connectivity index (χ3n) is 2.80. The van der Waals surface area contributed by atoms with Crippen LogP contribution in [0.1, 0.15) is 16.8 Å². The van der Waals surface area contributed by atoms with Crippen LogP contribution in [-0.2, 0) is 4.74 Å². The molecule has 0 radical (unpaired) electrons. The summed E-state index contributed by atoms with van der Waals surface area (Å²) in [7, 11) is 1.51. The Morgan fingerprint density at radius 3 is 2.86 bits per heavy atom. The van der Waals surface area contributed by atoms with Crippen molar-refractivity contribution in [1.82, 2.24) is 4.90 Å². The van der Waals surface area contributed by atoms with E-state index in [-0.39, 0.29) is 35.4 Å². The van der Waals surface area contributed by atoms with Gasteiger partial charge in [0, 0.05) is 26.6 Å². The van der Waals surface area contributed by atoms with Gasteiger partial charge in [-0.05, 0) is 28.1 Å². The molecule has 116 valence electrons. The van der Waals surface area contributed by atoms with Crippen molar-refractivity contribution < 1.29 is 19.1 Å². The summed E-state index contributed by atoms with van der Waals surface area (Å²) < 4.78 is 19.1. The lowest BCUT2D eigenvalue weighted by Crippen LogP contribution is -2.37. The lowest BCUT2D eigenvalue weighted by Gasteiger charge is -2.22. The zero-order valence-corrected chi connectivity index (χ0v) is 13.1. The number of ether oxygens (including phenoxy) is 1. The predicted molar refractivity (Wildman–Crippen MR) is 79.9 cm³/mol. The van der Waals surface area contributed by atoms with Crippen LogP contribution >= 0.6 is 15.9 Å². The maximum atomic E-state index is 14.0. The second kappa shape index (κ2) is 8.58. The first-order valence-electron chi connectivity index (χ1n) is 6.19. The van der Waals surface area contributed by atoms with Crippen LogP contribution < -0.4 is 5.73 Å². The van der Waals surface area contributed by atoms with E-state index in [1.807, 2.05) is 0 Å². The van der Waals surface area contributed by atoms with Crippen molar-refractivity contribution in [2.45, 2.75) is 6.42 Å². The molecule has 0 heterocycles. The van der Waals surface area contributed by atoms with Gasteiger partial charge in [0.2, 0.25) is 0 Å². The maximum absolute atomic E-state index is 14.0. The van der Waals surface area contributed by atoms with Crippen molar-refractivity contribution >= 4 is 27.7 Å². The highest BCUT2D eigenvalue weighted by atomic mass is 79.9. The normalized spacial score (nSPS) is 11.5. The molecule has 0 aliphatic carbocycles. The Hall–Kier alpha value is -1.67. The fraction of sp³-hybridized carbons (Fsp3) is 0.385. The summed E-state index contributed by atoms with van der Waals surface area (Å²) in [5.74, 6) is -1.09. The summed E-state index contributed by atoms with van der Waals surface area (Å²) in [6.07, 6.45) is 0.182. The quantitative estimate of drug-likeness (QED) is 0.335. The Morgan fingerprint density at radius 2 is 2.24 bits per heavy atom. The van der Waals surface area contributed by atoms with Crippen LogP contribution in [0.2, 0.25) is 0 Å². The molecule has 0 aromatic heterocycles. The summed E-state index contributed by atoms with van der Waals surface area (Å²) in [5.41, 5.74) is 5.35. The standard InChI is InChI=1S/C13H17BrFN3O3/c1-21-8-7-18(6-5-11(16)17-20)13(19)9-3-2-4-10(14)12(9)15/h2-4,20H,5-8H2,1H3,(H2,16,17). The molecule has 0 atom stereocenters. The van der Waals surface area contributed by atoms with Gasteiger partial charge in [0.25, 0.3) is 5.91 Å². The molecule has 0 saturated heterocycles. The van der Waals surface area contributed by atoms with Gasteiger partial charge in [0.15, 0.2) is 0 Å². The number of amides is 1. The average molecular weight is 362 g/mol. The molecule has 1 rings (SSSR count). The van der Waals surface area contributed by atoms with Gasteiger partial charge in [0.05, 0.1) is 16.6 Å². The highest BCUT2D eigenvalue weighted by molar-refractivity contribution is 9.10. The molecular formula is C13H17BrFN3O3. The first kappa shape index (κ1) is 17.4. The van der Waals surface area contributed by atoms with Crippen LogP contribution in [0.25, 0.3) is 0 Å². The highest BCUT2D eigenvalue weighted by Crippen LogP contribution is 2.20. The molecule has 0 aliphatic rings. The van der Waals surface area contributed by atoms with Gasteiger partial charge >= 0.3 is 0 Å². The first-order valence-corrected chi connectivity index (χ1v) is 6.99. The lowest BCUT2D eigenvalue weighted by atomic mass is 10.1. The van der Waals surface area contributed by atoms with E-state index in [0.29, 0.717) is 6.61 Å². The number of amidine groups is 1. The van der Waals surface area contributed by atoms with Crippen LogP contribution in [-0.4, -0.2) is 48.7 Å². The predicted octanol–water partition coefficient (Wildman–Crippen LogP) is 1.81. The van der Waals surface area contributed by atoms with E-state index in [1.165, 1.54) is 24.1 Å². The molecule has 6 nitrogen and oxygen atoms in total. The minimum Gasteiger partial charge on any atom is -0.409 e. The van der Waals surface area contributed by atoms with Crippen LogP contribution in [0, 0.1) is 5.82 Å². The molecule has 3 N–H and O–H groups in total. The summed E-state index contributed by atoms with van der Waals surface area (Å²) in [5, 5.41) is 11.4. The van der Waals surface area contributed by atoms with Crippen molar-refractivity contribution in [3.05, 3.63) is 34.1 Å². The first-order chi connectivity index (χ1) is 10.0. The Bertz CT molecular complexity index is 525. The summed E-state index contributed by atoms with van der Waals surface area (Å²) in [6.45, 7) is 0.779. The topological polar surface area (TPSA) is 88.2 Å². The number of oxime groups is 1. The fourth-order valence-electron chi connectivity index (χ4n) is 1.66. The van der Waals surface area contributed by atoms with Crippen LogP contribution in [0.15, 0.2) is 27.8 Å². The van der Waals surface area contributed by atoms with Crippen LogP contribution in [0.5, 0.6) is 0 Å². The molecule has 0 saturated carbocycles. The van der Waals surface area contributed by atoms with Gasteiger partial charge < -0.3 is 20.6 Å². The number of hydrogen-bond acceptors (Lipinski definition) is 4. The van der Waals surface area contributed by atoms with Gasteiger partial charge in [0.1, 0.15) is 11.7 Å².